The fraction of sp³-hybridized carbons (Fsp3) is 0.0769. The lowest BCUT2D eigenvalue weighted by molar-refractivity contribution is 1.18. The topological polar surface area (TPSA) is 4.93 Å². The van der Waals surface area contributed by atoms with Gasteiger partial charge in [-0.15, -0.1) is 0 Å². The van der Waals surface area contributed by atoms with Crippen LogP contribution in [0.4, 0.5) is 0 Å². The first kappa shape index (κ1) is 15.9. The molecular weight excluding hydrogens is 326 g/mol. The third kappa shape index (κ3) is 2.55. The van der Waals surface area contributed by atoms with Gasteiger partial charge in [0.1, 0.15) is 0 Å². The first-order valence-electron chi connectivity index (χ1n) is 9.38. The van der Waals surface area contributed by atoms with E-state index < -0.39 is 0 Å². The van der Waals surface area contributed by atoms with Gasteiger partial charge in [0, 0.05) is 16.5 Å². The molecule has 0 atom stereocenters. The third-order valence-corrected chi connectivity index (χ3v) is 5.41. The average Bonchev–Trinajstić information content (AvgIpc) is 3.05. The van der Waals surface area contributed by atoms with Crippen LogP contribution in [0.15, 0.2) is 91.0 Å². The first-order chi connectivity index (χ1) is 13.2. The fourth-order valence-corrected chi connectivity index (χ4v) is 4.04. The number of benzene rings is 4. The Morgan fingerprint density at radius 1 is 0.593 bits per heavy atom. The van der Waals surface area contributed by atoms with Crippen molar-refractivity contribution < 1.29 is 0 Å². The normalized spacial score (nSPS) is 11.3. The molecular formula is C26H21N. The lowest BCUT2D eigenvalue weighted by atomic mass is 9.98. The molecule has 0 radical (unpaired) electrons. The molecule has 1 aromatic heterocycles. The Balaban J connectivity index is 1.71. The highest BCUT2D eigenvalue weighted by Crippen LogP contribution is 2.33. The van der Waals surface area contributed by atoms with Gasteiger partial charge in [-0.2, -0.15) is 0 Å². The minimum Gasteiger partial charge on any atom is -0.309 e. The Bertz CT molecular complexity index is 1220. The van der Waals surface area contributed by atoms with Gasteiger partial charge in [-0.1, -0.05) is 72.3 Å². The van der Waals surface area contributed by atoms with Crippen LogP contribution in [0.2, 0.25) is 0 Å². The van der Waals surface area contributed by atoms with Gasteiger partial charge in [-0.05, 0) is 54.8 Å². The molecule has 130 valence electrons. The Morgan fingerprint density at radius 3 is 1.81 bits per heavy atom. The number of aryl methyl sites for hydroxylation is 2. The molecule has 0 spiro atoms. The Kier molecular flexibility index (Phi) is 3.61. The van der Waals surface area contributed by atoms with E-state index in [0.717, 1.165) is 0 Å². The highest BCUT2D eigenvalue weighted by molar-refractivity contribution is 6.09. The van der Waals surface area contributed by atoms with Crippen molar-refractivity contribution >= 4 is 21.8 Å². The van der Waals surface area contributed by atoms with Gasteiger partial charge in [0.25, 0.3) is 0 Å². The van der Waals surface area contributed by atoms with Gasteiger partial charge in [0.15, 0.2) is 0 Å². The highest BCUT2D eigenvalue weighted by atomic mass is 15.0. The minimum absolute atomic E-state index is 1.20. The van der Waals surface area contributed by atoms with E-state index in [1.807, 2.05) is 0 Å². The quantitative estimate of drug-likeness (QED) is 0.322. The largest absolute Gasteiger partial charge is 0.309 e. The summed E-state index contributed by atoms with van der Waals surface area (Å²) in [7, 11) is 0. The summed E-state index contributed by atoms with van der Waals surface area (Å²) in [5.74, 6) is 0. The Hall–Kier alpha value is -3.32. The lowest BCUT2D eigenvalue weighted by Crippen LogP contribution is -1.94. The molecule has 0 bridgehead atoms. The van der Waals surface area contributed by atoms with E-state index in [0.29, 0.717) is 0 Å². The zero-order chi connectivity index (χ0) is 18.4. The second-order valence-electron chi connectivity index (χ2n) is 7.23. The smallest absolute Gasteiger partial charge is 0.0541 e. The van der Waals surface area contributed by atoms with Crippen molar-refractivity contribution in [3.63, 3.8) is 0 Å². The monoisotopic (exact) mass is 347 g/mol. The number of fused-ring (bicyclic) bond motifs is 3. The van der Waals surface area contributed by atoms with Crippen LogP contribution in [0.25, 0.3) is 38.6 Å². The maximum atomic E-state index is 2.36. The molecule has 0 saturated heterocycles. The molecule has 0 aliphatic heterocycles. The van der Waals surface area contributed by atoms with E-state index in [4.69, 9.17) is 0 Å². The molecule has 0 fully saturated rings. The van der Waals surface area contributed by atoms with Crippen molar-refractivity contribution in [2.45, 2.75) is 13.8 Å². The molecule has 0 saturated carbocycles. The molecule has 1 heterocycles. The van der Waals surface area contributed by atoms with Crippen molar-refractivity contribution in [1.82, 2.24) is 4.57 Å². The summed E-state index contributed by atoms with van der Waals surface area (Å²) in [5, 5.41) is 2.60. The van der Waals surface area contributed by atoms with E-state index in [-0.39, 0.29) is 0 Å². The number of rotatable bonds is 2. The predicted octanol–water partition coefficient (Wildman–Crippen LogP) is 7.07. The Labute approximate surface area is 159 Å². The molecule has 4 aromatic carbocycles. The molecule has 0 amide bonds. The molecule has 0 aliphatic carbocycles. The summed E-state index contributed by atoms with van der Waals surface area (Å²) in [6.07, 6.45) is 0. The molecule has 0 N–H and O–H groups in total. The van der Waals surface area contributed by atoms with Crippen molar-refractivity contribution in [2.75, 3.05) is 0 Å². The first-order valence-corrected chi connectivity index (χ1v) is 9.38. The van der Waals surface area contributed by atoms with E-state index in [1.54, 1.807) is 0 Å². The van der Waals surface area contributed by atoms with Gasteiger partial charge >= 0.3 is 0 Å². The molecule has 1 nitrogen and oxygen atoms in total. The maximum absolute atomic E-state index is 2.36. The number of hydrogen-bond donors (Lipinski definition) is 0. The third-order valence-electron chi connectivity index (χ3n) is 5.41. The van der Waals surface area contributed by atoms with Gasteiger partial charge < -0.3 is 4.57 Å². The van der Waals surface area contributed by atoms with E-state index in [9.17, 15) is 0 Å². The molecule has 5 rings (SSSR count). The van der Waals surface area contributed by atoms with Crippen LogP contribution < -0.4 is 0 Å². The second kappa shape index (κ2) is 6.14. The van der Waals surface area contributed by atoms with Crippen molar-refractivity contribution in [3.05, 3.63) is 102 Å². The zero-order valence-electron chi connectivity index (χ0n) is 15.6. The average molecular weight is 347 g/mol. The van der Waals surface area contributed by atoms with E-state index in [1.165, 1.54) is 49.7 Å². The van der Waals surface area contributed by atoms with Gasteiger partial charge in [0.05, 0.1) is 11.0 Å². The van der Waals surface area contributed by atoms with Crippen molar-refractivity contribution in [3.8, 4) is 16.8 Å². The van der Waals surface area contributed by atoms with Crippen LogP contribution in [0.5, 0.6) is 0 Å². The summed E-state index contributed by atoms with van der Waals surface area (Å²) in [5.41, 5.74) is 8.87. The molecule has 0 aliphatic rings. The standard InChI is InChI=1S/C26H21N/c1-18-11-12-19(2)24(17-18)20-13-15-21(16-14-20)27-25-9-5-3-7-22(25)23-8-4-6-10-26(23)27/h3-17H,1-2H3. The lowest BCUT2D eigenvalue weighted by Gasteiger charge is -2.11. The van der Waals surface area contributed by atoms with Crippen LogP contribution in [-0.2, 0) is 0 Å². The summed E-state index contributed by atoms with van der Waals surface area (Å²) < 4.78 is 2.36. The summed E-state index contributed by atoms with van der Waals surface area (Å²) in [6, 6.07) is 32.9. The Morgan fingerprint density at radius 2 is 1.19 bits per heavy atom. The number of hydrogen-bond acceptors (Lipinski definition) is 0. The van der Waals surface area contributed by atoms with Crippen LogP contribution in [0.3, 0.4) is 0 Å². The van der Waals surface area contributed by atoms with Gasteiger partial charge in [-0.3, -0.25) is 0 Å². The summed E-state index contributed by atoms with van der Waals surface area (Å²) >= 11 is 0. The number of aromatic nitrogens is 1. The predicted molar refractivity (Wildman–Crippen MR) is 116 cm³/mol. The minimum atomic E-state index is 1.20. The van der Waals surface area contributed by atoms with Crippen LogP contribution in [0.1, 0.15) is 11.1 Å². The fourth-order valence-electron chi connectivity index (χ4n) is 4.04. The molecule has 5 aromatic rings. The van der Waals surface area contributed by atoms with E-state index >= 15 is 0 Å². The number of nitrogens with zero attached hydrogens (tertiary/aromatic N) is 1. The maximum Gasteiger partial charge on any atom is 0.0541 e. The summed E-state index contributed by atoms with van der Waals surface area (Å²) in [6.45, 7) is 4.32. The van der Waals surface area contributed by atoms with Gasteiger partial charge in [0.2, 0.25) is 0 Å². The second-order valence-corrected chi connectivity index (χ2v) is 7.23. The van der Waals surface area contributed by atoms with Crippen LogP contribution in [-0.4, -0.2) is 4.57 Å². The molecule has 0 unspecified atom stereocenters. The van der Waals surface area contributed by atoms with Crippen LogP contribution >= 0.6 is 0 Å². The number of para-hydroxylation sites is 2. The zero-order valence-corrected chi connectivity index (χ0v) is 15.6. The van der Waals surface area contributed by atoms with Crippen LogP contribution in [0, 0.1) is 13.8 Å². The highest BCUT2D eigenvalue weighted by Gasteiger charge is 2.11. The molecule has 27 heavy (non-hydrogen) atoms. The van der Waals surface area contributed by atoms with E-state index in [2.05, 4.69) is 109 Å². The van der Waals surface area contributed by atoms with Crippen molar-refractivity contribution in [2.24, 2.45) is 0 Å². The van der Waals surface area contributed by atoms with Gasteiger partial charge in [-0.25, -0.2) is 0 Å². The molecule has 1 heteroatoms. The van der Waals surface area contributed by atoms with Crippen molar-refractivity contribution in [1.29, 1.82) is 0 Å². The summed E-state index contributed by atoms with van der Waals surface area (Å²) in [4.78, 5) is 0. The SMILES string of the molecule is Cc1ccc(C)c(-c2ccc(-n3c4ccccc4c4ccccc43)cc2)c1.